The molecule has 1 rings (SSSR count). The smallest absolute Gasteiger partial charge is 0.331 e. The van der Waals surface area contributed by atoms with Crippen molar-refractivity contribution in [1.29, 1.82) is 0 Å². The van der Waals surface area contributed by atoms with Gasteiger partial charge in [-0.05, 0) is 32.8 Å². The summed E-state index contributed by atoms with van der Waals surface area (Å²) in [5, 5.41) is 0. The fourth-order valence-corrected chi connectivity index (χ4v) is 3.20. The Labute approximate surface area is 134 Å². The minimum Gasteiger partial charge on any atom is -0.452 e. The van der Waals surface area contributed by atoms with Crippen molar-refractivity contribution in [2.45, 2.75) is 71.4 Å². The van der Waals surface area contributed by atoms with Gasteiger partial charge in [-0.2, -0.15) is 0 Å². The molecule has 4 heteroatoms. The first-order chi connectivity index (χ1) is 10.2. The third-order valence-electron chi connectivity index (χ3n) is 3.97. The number of esters is 1. The van der Waals surface area contributed by atoms with E-state index in [1.165, 1.54) is 11.6 Å². The molecule has 3 unspecified atom stereocenters. The lowest BCUT2D eigenvalue weighted by molar-refractivity contribution is -0.227. The van der Waals surface area contributed by atoms with E-state index in [1.54, 1.807) is 7.11 Å². The van der Waals surface area contributed by atoms with Crippen molar-refractivity contribution in [1.82, 2.24) is 0 Å². The number of hydrogen-bond acceptors (Lipinski definition) is 4. The Morgan fingerprint density at radius 2 is 2.09 bits per heavy atom. The molecule has 0 N–H and O–H groups in total. The van der Waals surface area contributed by atoms with Crippen LogP contribution in [0.5, 0.6) is 0 Å². The second-order valence-electron chi connectivity index (χ2n) is 6.86. The Balaban J connectivity index is 3.01. The predicted octanol–water partition coefficient (Wildman–Crippen LogP) is 4.01. The third-order valence-corrected chi connectivity index (χ3v) is 3.97. The van der Waals surface area contributed by atoms with Gasteiger partial charge in [-0.15, -0.1) is 0 Å². The zero-order valence-corrected chi connectivity index (χ0v) is 14.8. The van der Waals surface area contributed by atoms with Gasteiger partial charge in [0.1, 0.15) is 5.60 Å². The number of methoxy groups -OCH3 is 1. The molecule has 0 saturated heterocycles. The molecule has 4 nitrogen and oxygen atoms in total. The summed E-state index contributed by atoms with van der Waals surface area (Å²) in [4.78, 5) is 11.6. The van der Waals surface area contributed by atoms with E-state index >= 15 is 0 Å². The number of rotatable bonds is 7. The van der Waals surface area contributed by atoms with Gasteiger partial charge in [-0.1, -0.05) is 32.9 Å². The summed E-state index contributed by atoms with van der Waals surface area (Å²) in [6, 6.07) is 0. The molecule has 0 aromatic rings. The fraction of sp³-hybridized carbons (Fsp3) is 0.722. The third kappa shape index (κ3) is 4.96. The van der Waals surface area contributed by atoms with Gasteiger partial charge >= 0.3 is 5.97 Å². The highest BCUT2D eigenvalue weighted by Crippen LogP contribution is 2.41. The van der Waals surface area contributed by atoms with Gasteiger partial charge in [-0.25, -0.2) is 4.79 Å². The quantitative estimate of drug-likeness (QED) is 0.308. The normalized spacial score (nSPS) is 29.9. The van der Waals surface area contributed by atoms with Gasteiger partial charge in [-0.3, -0.25) is 0 Å². The largest absolute Gasteiger partial charge is 0.452 e. The lowest BCUT2D eigenvalue weighted by atomic mass is 9.77. The van der Waals surface area contributed by atoms with Gasteiger partial charge in [0.2, 0.25) is 0 Å². The highest BCUT2D eigenvalue weighted by Gasteiger charge is 2.43. The highest BCUT2D eigenvalue weighted by atomic mass is 16.7. The number of hydrogen-bond donors (Lipinski definition) is 0. The molecule has 0 amide bonds. The van der Waals surface area contributed by atoms with Gasteiger partial charge in [0.25, 0.3) is 0 Å². The van der Waals surface area contributed by atoms with Crippen molar-refractivity contribution in [3.05, 3.63) is 24.3 Å². The topological polar surface area (TPSA) is 44.8 Å². The Morgan fingerprint density at radius 3 is 2.55 bits per heavy atom. The van der Waals surface area contributed by atoms with Gasteiger partial charge < -0.3 is 14.2 Å². The molecule has 0 aromatic heterocycles. The van der Waals surface area contributed by atoms with Crippen LogP contribution in [0.2, 0.25) is 0 Å². The average molecular weight is 310 g/mol. The average Bonchev–Trinajstić information content (AvgIpc) is 2.42. The van der Waals surface area contributed by atoms with Crippen LogP contribution in [0, 0.1) is 5.92 Å². The second kappa shape index (κ2) is 7.42. The van der Waals surface area contributed by atoms with E-state index in [4.69, 9.17) is 14.2 Å². The number of carbonyl (C=O) groups excluding carboxylic acids is 1. The van der Waals surface area contributed by atoms with Crippen molar-refractivity contribution in [2.24, 2.45) is 5.92 Å². The lowest BCUT2D eigenvalue weighted by Crippen LogP contribution is -2.47. The molecule has 1 aliphatic carbocycles. The zero-order chi connectivity index (χ0) is 17.0. The van der Waals surface area contributed by atoms with Crippen molar-refractivity contribution in [2.75, 3.05) is 7.11 Å². The van der Waals surface area contributed by atoms with Crippen LogP contribution < -0.4 is 0 Å². The Hall–Kier alpha value is -1.13. The summed E-state index contributed by atoms with van der Waals surface area (Å²) in [6.45, 7) is 13.7. The summed E-state index contributed by atoms with van der Waals surface area (Å²) in [5.74, 6) is -0.162. The van der Waals surface area contributed by atoms with Crippen molar-refractivity contribution in [3.8, 4) is 0 Å². The van der Waals surface area contributed by atoms with Gasteiger partial charge in [0.05, 0.1) is 5.60 Å². The second-order valence-corrected chi connectivity index (χ2v) is 6.86. The predicted molar refractivity (Wildman–Crippen MR) is 87.4 cm³/mol. The van der Waals surface area contributed by atoms with Gasteiger partial charge in [0, 0.05) is 25.5 Å². The van der Waals surface area contributed by atoms with Crippen molar-refractivity contribution < 1.29 is 19.0 Å². The maximum Gasteiger partial charge on any atom is 0.331 e. The maximum atomic E-state index is 11.6. The van der Waals surface area contributed by atoms with E-state index in [2.05, 4.69) is 40.3 Å². The lowest BCUT2D eigenvalue weighted by Gasteiger charge is -2.44. The first-order valence-corrected chi connectivity index (χ1v) is 7.93. The molecule has 0 radical (unpaired) electrons. The summed E-state index contributed by atoms with van der Waals surface area (Å²) in [6.07, 6.45) is 5.29. The highest BCUT2D eigenvalue weighted by molar-refractivity contribution is 5.81. The van der Waals surface area contributed by atoms with Crippen LogP contribution in [0.1, 0.15) is 53.9 Å². The van der Waals surface area contributed by atoms with E-state index in [0.29, 0.717) is 6.42 Å². The van der Waals surface area contributed by atoms with Crippen LogP contribution in [-0.2, 0) is 19.0 Å². The fourth-order valence-electron chi connectivity index (χ4n) is 3.20. The summed E-state index contributed by atoms with van der Waals surface area (Å²) in [5.41, 5.74) is 0.117. The Bertz CT molecular complexity index is 440. The Morgan fingerprint density at radius 1 is 1.45 bits per heavy atom. The molecule has 0 aliphatic heterocycles. The van der Waals surface area contributed by atoms with Crippen molar-refractivity contribution >= 4 is 5.97 Å². The van der Waals surface area contributed by atoms with Crippen LogP contribution in [-0.4, -0.2) is 30.6 Å². The molecule has 0 saturated carbocycles. The molecule has 1 aliphatic rings. The molecule has 126 valence electrons. The minimum absolute atomic E-state index is 0.250. The van der Waals surface area contributed by atoms with Gasteiger partial charge in [0.15, 0.2) is 6.29 Å². The molecule has 0 bridgehead atoms. The van der Waals surface area contributed by atoms with E-state index in [1.807, 2.05) is 6.92 Å². The molecule has 0 fully saturated rings. The first kappa shape index (κ1) is 18.9. The number of carbonyl (C=O) groups is 1. The number of ether oxygens (including phenoxy) is 3. The summed E-state index contributed by atoms with van der Waals surface area (Å²) in [7, 11) is 1.66. The van der Waals surface area contributed by atoms with E-state index in [0.717, 1.165) is 12.8 Å². The van der Waals surface area contributed by atoms with E-state index in [-0.39, 0.29) is 12.2 Å². The van der Waals surface area contributed by atoms with Crippen molar-refractivity contribution in [3.63, 3.8) is 0 Å². The molecule has 3 atom stereocenters. The summed E-state index contributed by atoms with van der Waals surface area (Å²) >= 11 is 0. The summed E-state index contributed by atoms with van der Waals surface area (Å²) < 4.78 is 17.3. The van der Waals surface area contributed by atoms with Crippen LogP contribution in [0.25, 0.3) is 0 Å². The molecule has 0 heterocycles. The minimum atomic E-state index is -0.682. The van der Waals surface area contributed by atoms with E-state index < -0.39 is 17.2 Å². The van der Waals surface area contributed by atoms with Crippen LogP contribution >= 0.6 is 0 Å². The maximum absolute atomic E-state index is 11.6. The first-order valence-electron chi connectivity index (χ1n) is 7.93. The molecular formula is C18H30O4. The van der Waals surface area contributed by atoms with Crippen LogP contribution in [0.3, 0.4) is 0 Å². The van der Waals surface area contributed by atoms with E-state index in [9.17, 15) is 4.79 Å². The molecule has 0 spiro atoms. The Kier molecular flexibility index (Phi) is 6.38. The van der Waals surface area contributed by atoms with Crippen LogP contribution in [0.15, 0.2) is 24.3 Å². The van der Waals surface area contributed by atoms with Crippen LogP contribution in [0.4, 0.5) is 0 Å². The standard InChI is InChI=1S/C18H30O4/c1-8-14-10-17(5,21-15(19)9-2)12-18(6,11-14)22-16(20-7)13(3)4/h9-10,13,16H,2,8,11-12H2,1,3-7H3. The SMILES string of the molecule is C=CC(=O)OC1(C)C=C(CC)CC(C)(OC(OC)C(C)C)C1. The molecule has 0 aromatic carbocycles. The zero-order valence-electron chi connectivity index (χ0n) is 14.8. The monoisotopic (exact) mass is 310 g/mol. The molecule has 22 heavy (non-hydrogen) atoms. The molecular weight excluding hydrogens is 280 g/mol.